The predicted octanol–water partition coefficient (Wildman–Crippen LogP) is 3.47. The lowest BCUT2D eigenvalue weighted by Crippen LogP contribution is -2.33. The molecule has 0 aromatic heterocycles. The number of benzene rings is 3. The summed E-state index contributed by atoms with van der Waals surface area (Å²) >= 11 is 0. The van der Waals surface area contributed by atoms with Crippen LogP contribution in [-0.4, -0.2) is 33.8 Å². The summed E-state index contributed by atoms with van der Waals surface area (Å²) in [4.78, 5) is 24.2. The summed E-state index contributed by atoms with van der Waals surface area (Å²) in [6.45, 7) is 1.29. The maximum Gasteiger partial charge on any atom is 0.240 e. The molecule has 0 radical (unpaired) electrons. The molecule has 0 aliphatic heterocycles. The molecule has 33 heavy (non-hydrogen) atoms. The monoisotopic (exact) mass is 466 g/mol. The standard InChI is InChI=1S/C25H26N2O5S/c1-18(28)21-9-6-10-23(17-21)33(30,31)26-16-15-24(29)27-25(19-7-4-3-5-8-19)20-11-13-22(32-2)14-12-20/h3-14,17,25-26H,15-16H2,1-2H3,(H,27,29). The van der Waals surface area contributed by atoms with Crippen LogP contribution < -0.4 is 14.8 Å². The number of carbonyl (C=O) groups is 2. The van der Waals surface area contributed by atoms with Crippen molar-refractivity contribution in [2.45, 2.75) is 24.3 Å². The number of sulfonamides is 1. The van der Waals surface area contributed by atoms with Crippen molar-refractivity contribution in [3.8, 4) is 5.75 Å². The third-order valence-corrected chi connectivity index (χ3v) is 6.54. The molecule has 2 N–H and O–H groups in total. The van der Waals surface area contributed by atoms with Gasteiger partial charge in [0, 0.05) is 18.5 Å². The van der Waals surface area contributed by atoms with Crippen molar-refractivity contribution in [2.24, 2.45) is 0 Å². The van der Waals surface area contributed by atoms with Crippen molar-refractivity contribution in [1.82, 2.24) is 10.0 Å². The van der Waals surface area contributed by atoms with Crippen molar-refractivity contribution in [3.63, 3.8) is 0 Å². The van der Waals surface area contributed by atoms with Gasteiger partial charge < -0.3 is 10.1 Å². The van der Waals surface area contributed by atoms with Crippen molar-refractivity contribution in [2.75, 3.05) is 13.7 Å². The van der Waals surface area contributed by atoms with Gasteiger partial charge in [0.1, 0.15) is 5.75 Å². The molecular formula is C25H26N2O5S. The molecule has 172 valence electrons. The molecule has 0 spiro atoms. The van der Waals surface area contributed by atoms with E-state index in [-0.39, 0.29) is 29.6 Å². The second-order valence-corrected chi connectivity index (χ2v) is 9.18. The summed E-state index contributed by atoms with van der Waals surface area (Å²) in [5, 5.41) is 2.98. The number of amides is 1. The average Bonchev–Trinajstić information content (AvgIpc) is 2.83. The van der Waals surface area contributed by atoms with Crippen molar-refractivity contribution < 1.29 is 22.7 Å². The molecule has 0 saturated carbocycles. The molecule has 0 heterocycles. The van der Waals surface area contributed by atoms with Gasteiger partial charge in [-0.2, -0.15) is 0 Å². The molecule has 3 aromatic rings. The normalized spacial score (nSPS) is 12.1. The van der Waals surface area contributed by atoms with Crippen LogP contribution in [0.5, 0.6) is 5.75 Å². The zero-order valence-corrected chi connectivity index (χ0v) is 19.3. The molecule has 0 bridgehead atoms. The van der Waals surface area contributed by atoms with Crippen LogP contribution in [0.4, 0.5) is 0 Å². The van der Waals surface area contributed by atoms with E-state index in [0.717, 1.165) is 11.1 Å². The second-order valence-electron chi connectivity index (χ2n) is 7.42. The maximum atomic E-state index is 12.7. The maximum absolute atomic E-state index is 12.7. The summed E-state index contributed by atoms with van der Waals surface area (Å²) in [6.07, 6.45) is -0.0505. The highest BCUT2D eigenvalue weighted by molar-refractivity contribution is 7.89. The molecule has 0 aliphatic rings. The molecule has 7 nitrogen and oxygen atoms in total. The Morgan fingerprint density at radius 1 is 0.909 bits per heavy atom. The van der Waals surface area contributed by atoms with Gasteiger partial charge in [0.15, 0.2) is 5.78 Å². The Hall–Kier alpha value is -3.49. The SMILES string of the molecule is COc1ccc(C(NC(=O)CCNS(=O)(=O)c2cccc(C(C)=O)c2)c2ccccc2)cc1. The van der Waals surface area contributed by atoms with E-state index in [0.29, 0.717) is 11.3 Å². The summed E-state index contributed by atoms with van der Waals surface area (Å²) in [6, 6.07) is 22.3. The van der Waals surface area contributed by atoms with Gasteiger partial charge in [0.2, 0.25) is 15.9 Å². The smallest absolute Gasteiger partial charge is 0.240 e. The highest BCUT2D eigenvalue weighted by atomic mass is 32.2. The van der Waals surface area contributed by atoms with Crippen LogP contribution in [0.2, 0.25) is 0 Å². The Labute approximate surface area is 193 Å². The third kappa shape index (κ3) is 6.50. The van der Waals surface area contributed by atoms with Crippen LogP contribution in [-0.2, 0) is 14.8 Å². The summed E-state index contributed by atoms with van der Waals surface area (Å²) in [5.41, 5.74) is 2.08. The lowest BCUT2D eigenvalue weighted by Gasteiger charge is -2.20. The van der Waals surface area contributed by atoms with Crippen LogP contribution in [0.25, 0.3) is 0 Å². The Kier molecular flexibility index (Phi) is 7.97. The van der Waals surface area contributed by atoms with E-state index < -0.39 is 16.1 Å². The number of hydrogen-bond donors (Lipinski definition) is 2. The fourth-order valence-corrected chi connectivity index (χ4v) is 4.38. The van der Waals surface area contributed by atoms with Gasteiger partial charge in [-0.15, -0.1) is 0 Å². The molecule has 3 aromatic carbocycles. The van der Waals surface area contributed by atoms with Gasteiger partial charge in [-0.3, -0.25) is 9.59 Å². The minimum atomic E-state index is -3.85. The number of rotatable bonds is 10. The molecule has 0 saturated heterocycles. The molecule has 0 fully saturated rings. The van der Waals surface area contributed by atoms with Crippen LogP contribution >= 0.6 is 0 Å². The van der Waals surface area contributed by atoms with Crippen molar-refractivity contribution in [3.05, 3.63) is 95.6 Å². The fourth-order valence-electron chi connectivity index (χ4n) is 3.30. The third-order valence-electron chi connectivity index (χ3n) is 5.08. The Bertz CT molecular complexity index is 1210. The minimum Gasteiger partial charge on any atom is -0.497 e. The van der Waals surface area contributed by atoms with Gasteiger partial charge in [0.25, 0.3) is 0 Å². The van der Waals surface area contributed by atoms with Crippen LogP contribution in [0.3, 0.4) is 0 Å². The van der Waals surface area contributed by atoms with Gasteiger partial charge in [0.05, 0.1) is 18.0 Å². The van der Waals surface area contributed by atoms with Crippen LogP contribution in [0.1, 0.15) is 40.9 Å². The topological polar surface area (TPSA) is 102 Å². The van der Waals surface area contributed by atoms with Crippen LogP contribution in [0, 0.1) is 0 Å². The molecule has 0 aliphatic carbocycles. The average molecular weight is 467 g/mol. The molecule has 3 rings (SSSR count). The quantitative estimate of drug-likeness (QED) is 0.446. The number of methoxy groups -OCH3 is 1. The number of ether oxygens (including phenoxy) is 1. The van der Waals surface area contributed by atoms with E-state index in [4.69, 9.17) is 4.74 Å². The summed E-state index contributed by atoms with van der Waals surface area (Å²) in [5.74, 6) is 0.178. The molecule has 8 heteroatoms. The number of carbonyl (C=O) groups excluding carboxylic acids is 2. The molecular weight excluding hydrogens is 440 g/mol. The summed E-state index contributed by atoms with van der Waals surface area (Å²) < 4.78 is 32.7. The summed E-state index contributed by atoms with van der Waals surface area (Å²) in [7, 11) is -2.26. The van der Waals surface area contributed by atoms with Gasteiger partial charge in [-0.1, -0.05) is 54.6 Å². The number of Topliss-reactive ketones (excluding diaryl/α,β-unsaturated/α-hetero) is 1. The zero-order valence-electron chi connectivity index (χ0n) is 18.4. The van der Waals surface area contributed by atoms with E-state index in [1.165, 1.54) is 25.1 Å². The Balaban J connectivity index is 1.67. The van der Waals surface area contributed by atoms with Crippen molar-refractivity contribution in [1.29, 1.82) is 0 Å². The first-order valence-electron chi connectivity index (χ1n) is 10.4. The fraction of sp³-hybridized carbons (Fsp3) is 0.200. The molecule has 1 amide bonds. The largest absolute Gasteiger partial charge is 0.497 e. The first kappa shape index (κ1) is 24.2. The zero-order chi connectivity index (χ0) is 23.8. The van der Waals surface area contributed by atoms with Crippen LogP contribution in [0.15, 0.2) is 83.8 Å². The van der Waals surface area contributed by atoms with Crippen molar-refractivity contribution >= 4 is 21.7 Å². The molecule has 1 atom stereocenters. The lowest BCUT2D eigenvalue weighted by molar-refractivity contribution is -0.121. The van der Waals surface area contributed by atoms with E-state index in [1.54, 1.807) is 13.2 Å². The first-order valence-corrected chi connectivity index (χ1v) is 11.9. The van der Waals surface area contributed by atoms with Gasteiger partial charge in [-0.05, 0) is 42.3 Å². The van der Waals surface area contributed by atoms with Gasteiger partial charge in [-0.25, -0.2) is 13.1 Å². The number of ketones is 1. The van der Waals surface area contributed by atoms with E-state index in [9.17, 15) is 18.0 Å². The molecule has 1 unspecified atom stereocenters. The first-order chi connectivity index (χ1) is 15.8. The van der Waals surface area contributed by atoms with E-state index in [1.807, 2.05) is 54.6 Å². The van der Waals surface area contributed by atoms with E-state index in [2.05, 4.69) is 10.0 Å². The highest BCUT2D eigenvalue weighted by Crippen LogP contribution is 2.24. The second kappa shape index (κ2) is 10.9. The van der Waals surface area contributed by atoms with E-state index >= 15 is 0 Å². The van der Waals surface area contributed by atoms with Gasteiger partial charge >= 0.3 is 0 Å². The predicted molar refractivity (Wildman–Crippen MR) is 126 cm³/mol. The number of nitrogens with one attached hydrogen (secondary N) is 2. The highest BCUT2D eigenvalue weighted by Gasteiger charge is 2.19. The number of hydrogen-bond acceptors (Lipinski definition) is 5. The Morgan fingerprint density at radius 3 is 2.21 bits per heavy atom. The lowest BCUT2D eigenvalue weighted by atomic mass is 9.98. The minimum absolute atomic E-state index is 0.0176. The Morgan fingerprint density at radius 2 is 1.58 bits per heavy atom.